The predicted molar refractivity (Wildman–Crippen MR) is 165 cm³/mol. The predicted octanol–water partition coefficient (Wildman–Crippen LogP) is 4.66. The molecule has 3 aliphatic rings. The first kappa shape index (κ1) is 29.9. The van der Waals surface area contributed by atoms with Crippen molar-refractivity contribution < 1.29 is 24.2 Å². The number of para-hydroxylation sites is 1. The Morgan fingerprint density at radius 1 is 1.20 bits per heavy atom. The normalized spacial score (nSPS) is 28.7. The minimum absolute atomic E-state index is 0.0343. The Kier molecular flexibility index (Phi) is 8.99. The van der Waals surface area contributed by atoms with E-state index in [0.717, 1.165) is 5.56 Å². The number of nitrogens with zero attached hydrogens (tertiary/aromatic N) is 2. The topological polar surface area (TPSA) is 87.2 Å². The van der Waals surface area contributed by atoms with Gasteiger partial charge in [0, 0.05) is 16.6 Å². The van der Waals surface area contributed by atoms with Crippen LogP contribution in [0.25, 0.3) is 0 Å². The highest BCUT2D eigenvalue weighted by Gasteiger charge is 2.76. The molecule has 3 unspecified atom stereocenters. The van der Waals surface area contributed by atoms with Crippen molar-refractivity contribution in [3.05, 3.63) is 90.5 Å². The lowest BCUT2D eigenvalue weighted by Crippen LogP contribution is -2.58. The van der Waals surface area contributed by atoms with Crippen LogP contribution in [0.2, 0.25) is 5.02 Å². The molecule has 7 atom stereocenters. The molecule has 0 saturated carbocycles. The van der Waals surface area contributed by atoms with Crippen LogP contribution in [-0.2, 0) is 25.5 Å². The Hall–Kier alpha value is -2.59. The molecule has 2 aromatic rings. The van der Waals surface area contributed by atoms with Crippen molar-refractivity contribution >= 4 is 62.8 Å². The maximum atomic E-state index is 14.8. The zero-order valence-corrected chi connectivity index (χ0v) is 25.6. The molecule has 3 fully saturated rings. The van der Waals surface area contributed by atoms with Crippen LogP contribution in [-0.4, -0.2) is 74.5 Å². The number of hydrogen-bond donors (Lipinski definition) is 1. The van der Waals surface area contributed by atoms with E-state index >= 15 is 0 Å². The first-order valence-electron chi connectivity index (χ1n) is 13.5. The van der Waals surface area contributed by atoms with Crippen LogP contribution in [0, 0.1) is 11.8 Å². The molecule has 216 valence electrons. The lowest BCUT2D eigenvalue weighted by atomic mass is 9.71. The van der Waals surface area contributed by atoms with Gasteiger partial charge in [0.25, 0.3) is 5.91 Å². The zero-order valence-electron chi connectivity index (χ0n) is 22.4. The van der Waals surface area contributed by atoms with Gasteiger partial charge < -0.3 is 19.6 Å². The highest BCUT2D eigenvalue weighted by Crippen LogP contribution is 2.68. The number of ether oxygens (including phenoxy) is 1. The molecule has 2 bridgehead atoms. The summed E-state index contributed by atoms with van der Waals surface area (Å²) in [6.45, 7) is 7.34. The van der Waals surface area contributed by atoms with E-state index in [9.17, 15) is 19.5 Å². The van der Waals surface area contributed by atoms with Crippen LogP contribution >= 0.6 is 39.3 Å². The number of carbonyl (C=O) groups excluding carboxylic acids is 3. The van der Waals surface area contributed by atoms with Crippen LogP contribution in [0.5, 0.6) is 0 Å². The van der Waals surface area contributed by atoms with Gasteiger partial charge in [-0.25, -0.2) is 0 Å². The first-order valence-corrected chi connectivity index (χ1v) is 15.7. The molecule has 1 spiro atoms. The summed E-state index contributed by atoms with van der Waals surface area (Å²) in [7, 11) is 0. The van der Waals surface area contributed by atoms with Gasteiger partial charge in [-0.05, 0) is 30.5 Å². The first-order chi connectivity index (χ1) is 19.8. The summed E-state index contributed by atoms with van der Waals surface area (Å²) < 4.78 is 4.57. The van der Waals surface area contributed by atoms with Gasteiger partial charge in [-0.1, -0.05) is 88.7 Å². The van der Waals surface area contributed by atoms with Crippen molar-refractivity contribution in [2.24, 2.45) is 11.8 Å². The van der Waals surface area contributed by atoms with Crippen LogP contribution < -0.4 is 4.90 Å². The number of likely N-dealkylation sites (tertiary alicyclic amines) is 1. The number of halogens is 2. The van der Waals surface area contributed by atoms with Gasteiger partial charge >= 0.3 is 5.97 Å². The lowest BCUT2D eigenvalue weighted by molar-refractivity contribution is -0.153. The molecule has 0 aromatic heterocycles. The van der Waals surface area contributed by atoms with Crippen LogP contribution in [0.4, 0.5) is 5.69 Å². The van der Waals surface area contributed by atoms with Gasteiger partial charge in [0.05, 0.1) is 39.9 Å². The molecule has 7 nitrogen and oxygen atoms in total. The molecule has 3 aliphatic heterocycles. The summed E-state index contributed by atoms with van der Waals surface area (Å²) in [5, 5.41) is 10.8. The minimum Gasteiger partial charge on any atom is -0.461 e. The van der Waals surface area contributed by atoms with E-state index in [-0.39, 0.29) is 41.6 Å². The molecule has 41 heavy (non-hydrogen) atoms. The summed E-state index contributed by atoms with van der Waals surface area (Å²) in [5.41, 5.74) is 1.43. The average Bonchev–Trinajstić information content (AvgIpc) is 3.57. The number of aliphatic hydroxyl groups excluding tert-OH is 1. The van der Waals surface area contributed by atoms with E-state index in [0.29, 0.717) is 23.6 Å². The summed E-state index contributed by atoms with van der Waals surface area (Å²) >= 11 is 11.8. The van der Waals surface area contributed by atoms with Crippen molar-refractivity contribution in [1.29, 1.82) is 0 Å². The molecule has 2 amide bonds. The van der Waals surface area contributed by atoms with Crippen molar-refractivity contribution in [2.45, 2.75) is 39.7 Å². The quantitative estimate of drug-likeness (QED) is 0.215. The highest BCUT2D eigenvalue weighted by atomic mass is 79.9. The third-order valence-corrected chi connectivity index (χ3v) is 11.8. The van der Waals surface area contributed by atoms with E-state index in [4.69, 9.17) is 16.3 Å². The smallest absolute Gasteiger partial charge is 0.311 e. The number of anilines is 1. The Bertz CT molecular complexity index is 1340. The molecule has 5 rings (SSSR count). The third-order valence-electron chi connectivity index (χ3n) is 8.22. The fraction of sp³-hybridized carbons (Fsp3) is 0.387. The second kappa shape index (κ2) is 12.3. The van der Waals surface area contributed by atoms with Gasteiger partial charge in [-0.3, -0.25) is 14.4 Å². The van der Waals surface area contributed by atoms with Gasteiger partial charge in [-0.15, -0.1) is 18.3 Å². The Morgan fingerprint density at radius 3 is 2.56 bits per heavy atom. The number of alkyl halides is 1. The number of thioether (sulfide) groups is 1. The zero-order chi connectivity index (χ0) is 29.3. The van der Waals surface area contributed by atoms with Crippen molar-refractivity contribution in [3.63, 3.8) is 0 Å². The summed E-state index contributed by atoms with van der Waals surface area (Å²) in [6.07, 6.45) is 3.96. The maximum Gasteiger partial charge on any atom is 0.311 e. The van der Waals surface area contributed by atoms with E-state index in [2.05, 4.69) is 29.1 Å². The Labute approximate surface area is 257 Å². The molecular formula is C31H32BrClN2O5S. The molecule has 3 heterocycles. The van der Waals surface area contributed by atoms with Gasteiger partial charge in [0.1, 0.15) is 12.6 Å². The average molecular weight is 660 g/mol. The van der Waals surface area contributed by atoms with Crippen LogP contribution in [0.3, 0.4) is 0 Å². The number of fused-ring (bicyclic) bond motifs is 1. The van der Waals surface area contributed by atoms with Crippen LogP contribution in [0.15, 0.2) is 79.9 Å². The molecule has 3 saturated heterocycles. The molecule has 10 heteroatoms. The molecular weight excluding hydrogens is 628 g/mol. The number of rotatable bonds is 11. The van der Waals surface area contributed by atoms with E-state index in [1.54, 1.807) is 40.1 Å². The number of aliphatic hydroxyl groups is 1. The lowest BCUT2D eigenvalue weighted by Gasteiger charge is -2.40. The highest BCUT2D eigenvalue weighted by molar-refractivity contribution is 9.09. The van der Waals surface area contributed by atoms with Crippen molar-refractivity contribution in [3.8, 4) is 0 Å². The van der Waals surface area contributed by atoms with Crippen molar-refractivity contribution in [1.82, 2.24) is 4.90 Å². The van der Waals surface area contributed by atoms with Gasteiger partial charge in [0.15, 0.2) is 0 Å². The standard InChI is InChI=1S/C31H32BrClN2O5S/c1-3-14-34(23-13-9-8-12-22(23)33)29(38)27-31-17-21(32)26(41-31)24(30(39)40-15-4-2)25(31)28(37)35(27)20(18-36)16-19-10-6-5-7-11-19/h3-13,20-21,24-27,36H,1-2,14-18H2/t20-,21?,24-,25+,26-,27?,31?/m1/s1. The minimum atomic E-state index is -0.954. The Balaban J connectivity index is 1.63. The fourth-order valence-electron chi connectivity index (χ4n) is 6.64. The summed E-state index contributed by atoms with van der Waals surface area (Å²) in [5.74, 6) is -2.63. The van der Waals surface area contributed by atoms with E-state index in [1.165, 1.54) is 17.8 Å². The van der Waals surface area contributed by atoms with E-state index < -0.39 is 34.6 Å². The van der Waals surface area contributed by atoms with Gasteiger partial charge in [0.2, 0.25) is 5.91 Å². The largest absolute Gasteiger partial charge is 0.461 e. The second-order valence-electron chi connectivity index (χ2n) is 10.5. The van der Waals surface area contributed by atoms with Gasteiger partial charge in [-0.2, -0.15) is 0 Å². The summed E-state index contributed by atoms with van der Waals surface area (Å²) in [4.78, 5) is 45.7. The molecule has 2 aromatic carbocycles. The number of amides is 2. The monoisotopic (exact) mass is 658 g/mol. The van der Waals surface area contributed by atoms with Crippen LogP contribution in [0.1, 0.15) is 12.0 Å². The second-order valence-corrected chi connectivity index (χ2v) is 13.7. The maximum absolute atomic E-state index is 14.8. The molecule has 1 N–H and O–H groups in total. The number of esters is 1. The summed E-state index contributed by atoms with van der Waals surface area (Å²) in [6, 6.07) is 15.0. The molecule has 0 radical (unpaired) electrons. The third kappa shape index (κ3) is 5.15. The number of carbonyl (C=O) groups is 3. The fourth-order valence-corrected chi connectivity index (χ4v) is 10.5. The molecule has 0 aliphatic carbocycles. The van der Waals surface area contributed by atoms with Crippen molar-refractivity contribution in [2.75, 3.05) is 24.7 Å². The van der Waals surface area contributed by atoms with E-state index in [1.807, 2.05) is 30.3 Å². The number of benzene rings is 2. The SMILES string of the molecule is C=CCOC(=O)[C@H]1[C@@H]2SC3(CC2Br)C(C(=O)N(CC=C)c2ccccc2Cl)N([C@@H](CO)Cc2ccccc2)C(=O)[C@H]13. The number of hydrogen-bond acceptors (Lipinski definition) is 6. The Morgan fingerprint density at radius 2 is 1.90 bits per heavy atom.